The molecule has 1 aromatic carbocycles. The van der Waals surface area contributed by atoms with Gasteiger partial charge in [0.1, 0.15) is 5.56 Å². The molecule has 2 aromatic rings. The minimum absolute atomic E-state index is 0.00399. The van der Waals surface area contributed by atoms with Gasteiger partial charge in [0.25, 0.3) is 5.91 Å². The van der Waals surface area contributed by atoms with E-state index in [0.717, 1.165) is 22.4 Å². The number of aromatic nitrogens is 2. The topological polar surface area (TPSA) is 46.9 Å². The first kappa shape index (κ1) is 19.2. The summed E-state index contributed by atoms with van der Waals surface area (Å²) in [4.78, 5) is 12.6. The van der Waals surface area contributed by atoms with E-state index >= 15 is 0 Å². The number of rotatable bonds is 7. The van der Waals surface area contributed by atoms with Crippen molar-refractivity contribution < 1.29 is 9.18 Å². The highest BCUT2D eigenvalue weighted by Gasteiger charge is 2.22. The van der Waals surface area contributed by atoms with Gasteiger partial charge in [-0.3, -0.25) is 4.79 Å². The highest BCUT2D eigenvalue weighted by Crippen LogP contribution is 2.31. The highest BCUT2D eigenvalue weighted by molar-refractivity contribution is 6.05. The van der Waals surface area contributed by atoms with Crippen molar-refractivity contribution in [1.82, 2.24) is 9.78 Å². The first-order chi connectivity index (χ1) is 11.8. The van der Waals surface area contributed by atoms with Gasteiger partial charge in [0, 0.05) is 12.7 Å². The van der Waals surface area contributed by atoms with Gasteiger partial charge in [-0.05, 0) is 36.8 Å². The lowest BCUT2D eigenvalue weighted by Gasteiger charge is -2.20. The molecule has 5 heteroatoms. The van der Waals surface area contributed by atoms with Crippen LogP contribution in [0.3, 0.4) is 0 Å². The van der Waals surface area contributed by atoms with Gasteiger partial charge in [0.15, 0.2) is 0 Å². The van der Waals surface area contributed by atoms with Crippen molar-refractivity contribution in [1.29, 1.82) is 0 Å². The summed E-state index contributed by atoms with van der Waals surface area (Å²) in [6.07, 6.45) is 3.42. The Morgan fingerprint density at radius 2 is 2.00 bits per heavy atom. The Balaban J connectivity index is 2.21. The van der Waals surface area contributed by atoms with Crippen molar-refractivity contribution in [2.45, 2.75) is 52.9 Å². The van der Waals surface area contributed by atoms with Crippen LogP contribution in [-0.2, 0) is 7.05 Å². The highest BCUT2D eigenvalue weighted by atomic mass is 19.1. The minimum atomic E-state index is -0.614. The molecule has 0 saturated heterocycles. The van der Waals surface area contributed by atoms with Gasteiger partial charge in [0.05, 0.1) is 5.69 Å². The zero-order valence-electron chi connectivity index (χ0n) is 15.8. The molecule has 0 radical (unpaired) electrons. The van der Waals surface area contributed by atoms with E-state index in [4.69, 9.17) is 0 Å². The summed E-state index contributed by atoms with van der Waals surface area (Å²) >= 11 is 0. The van der Waals surface area contributed by atoms with Gasteiger partial charge in [-0.15, -0.1) is 0 Å². The monoisotopic (exact) mass is 345 g/mol. The SMILES string of the molecule is CCCC(C)CC(C)c1ccccc1NC(=O)c1c(C)nn(C)c1F. The van der Waals surface area contributed by atoms with Crippen LogP contribution in [0.25, 0.3) is 0 Å². The number of benzene rings is 1. The summed E-state index contributed by atoms with van der Waals surface area (Å²) in [5.41, 5.74) is 2.22. The molecule has 136 valence electrons. The Morgan fingerprint density at radius 3 is 2.60 bits per heavy atom. The first-order valence-corrected chi connectivity index (χ1v) is 8.94. The van der Waals surface area contributed by atoms with Crippen molar-refractivity contribution in [2.75, 3.05) is 5.32 Å². The second-order valence-electron chi connectivity index (χ2n) is 6.95. The van der Waals surface area contributed by atoms with Gasteiger partial charge in [-0.1, -0.05) is 51.8 Å². The molecule has 0 fully saturated rings. The molecule has 1 heterocycles. The van der Waals surface area contributed by atoms with Crippen LogP contribution in [0.2, 0.25) is 0 Å². The molecule has 0 bridgehead atoms. The first-order valence-electron chi connectivity index (χ1n) is 8.94. The van der Waals surface area contributed by atoms with Crippen LogP contribution in [0.5, 0.6) is 0 Å². The standard InChI is InChI=1S/C20H28FN3O/c1-6-9-13(2)12-14(3)16-10-7-8-11-17(16)22-20(25)18-15(4)23-24(5)19(18)21/h7-8,10-11,13-14H,6,9,12H2,1-5H3,(H,22,25). The maximum absolute atomic E-state index is 14.1. The number of nitrogens with one attached hydrogen (secondary N) is 1. The van der Waals surface area contributed by atoms with E-state index in [2.05, 4.69) is 31.2 Å². The van der Waals surface area contributed by atoms with Crippen LogP contribution in [0.1, 0.15) is 67.6 Å². The molecular formula is C20H28FN3O. The zero-order chi connectivity index (χ0) is 18.6. The number of halogens is 1. The Hall–Kier alpha value is -2.17. The number of anilines is 1. The summed E-state index contributed by atoms with van der Waals surface area (Å²) in [5.74, 6) is -0.124. The van der Waals surface area contributed by atoms with Crippen molar-refractivity contribution in [3.05, 3.63) is 47.0 Å². The Kier molecular flexibility index (Phi) is 6.34. The Morgan fingerprint density at radius 1 is 1.32 bits per heavy atom. The van der Waals surface area contributed by atoms with Crippen LogP contribution < -0.4 is 5.32 Å². The van der Waals surface area contributed by atoms with Gasteiger partial charge in [-0.2, -0.15) is 9.49 Å². The largest absolute Gasteiger partial charge is 0.322 e. The molecule has 1 aromatic heterocycles. The molecule has 0 saturated carbocycles. The maximum Gasteiger partial charge on any atom is 0.262 e. The fraction of sp³-hybridized carbons (Fsp3) is 0.500. The Labute approximate surface area is 149 Å². The fourth-order valence-electron chi connectivity index (χ4n) is 3.45. The predicted octanol–water partition coefficient (Wildman–Crippen LogP) is 5.05. The van der Waals surface area contributed by atoms with E-state index in [0.29, 0.717) is 17.5 Å². The smallest absolute Gasteiger partial charge is 0.262 e. The quantitative estimate of drug-likeness (QED) is 0.763. The molecule has 0 aliphatic rings. The third-order valence-corrected chi connectivity index (χ3v) is 4.66. The average Bonchev–Trinajstić information content (AvgIpc) is 2.80. The molecule has 1 amide bonds. The van der Waals surface area contributed by atoms with E-state index in [1.54, 1.807) is 6.92 Å². The number of nitrogens with zero attached hydrogens (tertiary/aromatic N) is 2. The molecule has 2 atom stereocenters. The lowest BCUT2D eigenvalue weighted by Crippen LogP contribution is -2.16. The summed E-state index contributed by atoms with van der Waals surface area (Å²) in [6.45, 7) is 8.27. The molecule has 0 aliphatic heterocycles. The number of carbonyl (C=O) groups is 1. The molecule has 4 nitrogen and oxygen atoms in total. The molecule has 2 rings (SSSR count). The molecular weight excluding hydrogens is 317 g/mol. The number of carbonyl (C=O) groups excluding carboxylic acids is 1. The number of para-hydroxylation sites is 1. The van der Waals surface area contributed by atoms with Crippen molar-refractivity contribution in [3.8, 4) is 0 Å². The van der Waals surface area contributed by atoms with Crippen molar-refractivity contribution in [3.63, 3.8) is 0 Å². The second kappa shape index (κ2) is 8.28. The van der Waals surface area contributed by atoms with E-state index < -0.39 is 11.9 Å². The average molecular weight is 345 g/mol. The fourth-order valence-corrected chi connectivity index (χ4v) is 3.45. The van der Waals surface area contributed by atoms with Crippen LogP contribution in [0.4, 0.5) is 10.1 Å². The van der Waals surface area contributed by atoms with E-state index in [1.165, 1.54) is 19.9 Å². The van der Waals surface area contributed by atoms with Crippen LogP contribution >= 0.6 is 0 Å². The molecule has 25 heavy (non-hydrogen) atoms. The lowest BCUT2D eigenvalue weighted by molar-refractivity contribution is 0.102. The summed E-state index contributed by atoms with van der Waals surface area (Å²) in [5, 5.41) is 6.85. The van der Waals surface area contributed by atoms with Gasteiger partial charge < -0.3 is 5.32 Å². The van der Waals surface area contributed by atoms with Crippen molar-refractivity contribution in [2.24, 2.45) is 13.0 Å². The summed E-state index contributed by atoms with van der Waals surface area (Å²) in [6, 6.07) is 7.76. The third kappa shape index (κ3) is 4.47. The minimum Gasteiger partial charge on any atom is -0.322 e. The maximum atomic E-state index is 14.1. The summed E-state index contributed by atoms with van der Waals surface area (Å²) < 4.78 is 15.2. The number of hydrogen-bond donors (Lipinski definition) is 1. The number of hydrogen-bond acceptors (Lipinski definition) is 2. The summed E-state index contributed by atoms with van der Waals surface area (Å²) in [7, 11) is 1.49. The van der Waals surface area contributed by atoms with E-state index in [1.807, 2.05) is 24.3 Å². The predicted molar refractivity (Wildman–Crippen MR) is 99.4 cm³/mol. The van der Waals surface area contributed by atoms with Crippen LogP contribution in [0, 0.1) is 18.8 Å². The molecule has 2 unspecified atom stereocenters. The Bertz CT molecular complexity index is 739. The molecule has 0 aliphatic carbocycles. The van der Waals surface area contributed by atoms with E-state index in [9.17, 15) is 9.18 Å². The molecule has 1 N–H and O–H groups in total. The lowest BCUT2D eigenvalue weighted by atomic mass is 9.88. The second-order valence-corrected chi connectivity index (χ2v) is 6.95. The number of aryl methyl sites for hydroxylation is 2. The normalized spacial score (nSPS) is 13.5. The zero-order valence-corrected chi connectivity index (χ0v) is 15.8. The third-order valence-electron chi connectivity index (χ3n) is 4.66. The number of amides is 1. The molecule has 0 spiro atoms. The van der Waals surface area contributed by atoms with Gasteiger partial charge in [-0.25, -0.2) is 4.68 Å². The van der Waals surface area contributed by atoms with Crippen molar-refractivity contribution >= 4 is 11.6 Å². The van der Waals surface area contributed by atoms with Gasteiger partial charge in [0.2, 0.25) is 5.95 Å². The van der Waals surface area contributed by atoms with E-state index in [-0.39, 0.29) is 5.56 Å². The van der Waals surface area contributed by atoms with Crippen LogP contribution in [-0.4, -0.2) is 15.7 Å². The van der Waals surface area contributed by atoms with Gasteiger partial charge >= 0.3 is 0 Å². The van der Waals surface area contributed by atoms with Crippen LogP contribution in [0.15, 0.2) is 24.3 Å².